The maximum atomic E-state index is 13.0. The Balaban J connectivity index is 2.55. The summed E-state index contributed by atoms with van der Waals surface area (Å²) >= 11 is 0. The molecule has 0 saturated carbocycles. The van der Waals surface area contributed by atoms with Crippen LogP contribution in [0.3, 0.4) is 0 Å². The summed E-state index contributed by atoms with van der Waals surface area (Å²) in [6.45, 7) is 0. The molecule has 0 aliphatic rings. The number of halogens is 1. The highest BCUT2D eigenvalue weighted by molar-refractivity contribution is 5.66. The third-order valence-electron chi connectivity index (χ3n) is 1.95. The zero-order valence-electron chi connectivity index (χ0n) is 7.62. The van der Waals surface area contributed by atoms with Gasteiger partial charge in [-0.3, -0.25) is 0 Å². The largest absolute Gasteiger partial charge is 0.496 e. The van der Waals surface area contributed by atoms with Crippen LogP contribution in [-0.4, -0.2) is 17.1 Å². The Morgan fingerprint density at radius 3 is 2.93 bits per heavy atom. The van der Waals surface area contributed by atoms with Crippen molar-refractivity contribution >= 4 is 0 Å². The number of methoxy groups -OCH3 is 1. The predicted octanol–water partition coefficient (Wildman–Crippen LogP) is 2.22. The van der Waals surface area contributed by atoms with Gasteiger partial charge in [0.15, 0.2) is 0 Å². The van der Waals surface area contributed by atoms with Crippen LogP contribution in [0.5, 0.6) is 5.75 Å². The zero-order chi connectivity index (χ0) is 9.97. The van der Waals surface area contributed by atoms with E-state index in [4.69, 9.17) is 4.74 Å². The lowest BCUT2D eigenvalue weighted by molar-refractivity contribution is 0.415. The summed E-state index contributed by atoms with van der Waals surface area (Å²) in [5, 5.41) is 0. The van der Waals surface area contributed by atoms with E-state index in [1.165, 1.54) is 12.1 Å². The standard InChI is InChI=1S/C10H9FN2O/c1-14-10-3-2-7(11)4-8(10)9-5-12-6-13-9/h2-6H,1H3,(H,12,13). The van der Waals surface area contributed by atoms with E-state index in [0.29, 0.717) is 11.3 Å². The van der Waals surface area contributed by atoms with Gasteiger partial charge in [0.25, 0.3) is 0 Å². The summed E-state index contributed by atoms with van der Waals surface area (Å²) in [5.41, 5.74) is 1.41. The Labute approximate surface area is 80.6 Å². The number of imidazole rings is 1. The molecule has 72 valence electrons. The summed E-state index contributed by atoms with van der Waals surface area (Å²) in [5.74, 6) is 0.325. The molecule has 0 fully saturated rings. The van der Waals surface area contributed by atoms with Gasteiger partial charge in [-0.25, -0.2) is 9.37 Å². The van der Waals surface area contributed by atoms with E-state index in [9.17, 15) is 4.39 Å². The van der Waals surface area contributed by atoms with Crippen molar-refractivity contribution in [3.8, 4) is 17.0 Å². The zero-order valence-corrected chi connectivity index (χ0v) is 7.62. The van der Waals surface area contributed by atoms with Crippen molar-refractivity contribution < 1.29 is 9.13 Å². The van der Waals surface area contributed by atoms with Crippen molar-refractivity contribution in [2.24, 2.45) is 0 Å². The molecule has 1 aromatic carbocycles. The summed E-state index contributed by atoms with van der Waals surface area (Å²) in [7, 11) is 1.55. The Hall–Kier alpha value is -1.84. The van der Waals surface area contributed by atoms with Gasteiger partial charge in [0, 0.05) is 5.56 Å². The molecule has 1 N–H and O–H groups in total. The monoisotopic (exact) mass is 192 g/mol. The van der Waals surface area contributed by atoms with Gasteiger partial charge < -0.3 is 9.72 Å². The van der Waals surface area contributed by atoms with Crippen LogP contribution in [0.2, 0.25) is 0 Å². The number of H-pyrrole nitrogens is 1. The van der Waals surface area contributed by atoms with E-state index in [1.807, 2.05) is 0 Å². The molecule has 3 nitrogen and oxygen atoms in total. The molecule has 0 radical (unpaired) electrons. The Bertz CT molecular complexity index is 426. The molecular weight excluding hydrogens is 183 g/mol. The number of nitrogens with zero attached hydrogens (tertiary/aromatic N) is 1. The van der Waals surface area contributed by atoms with Crippen LogP contribution in [0, 0.1) is 5.82 Å². The summed E-state index contributed by atoms with van der Waals surface area (Å²) in [4.78, 5) is 6.77. The molecule has 0 saturated heterocycles. The summed E-state index contributed by atoms with van der Waals surface area (Å²) in [6.07, 6.45) is 3.16. The first-order valence-corrected chi connectivity index (χ1v) is 4.13. The normalized spacial score (nSPS) is 10.1. The second-order valence-electron chi connectivity index (χ2n) is 2.81. The molecule has 2 rings (SSSR count). The number of ether oxygens (including phenoxy) is 1. The van der Waals surface area contributed by atoms with Crippen molar-refractivity contribution in [3.05, 3.63) is 36.5 Å². The highest BCUT2D eigenvalue weighted by atomic mass is 19.1. The molecular formula is C10H9FN2O. The first kappa shape index (κ1) is 8.74. The minimum Gasteiger partial charge on any atom is -0.496 e. The molecule has 2 aromatic rings. The average Bonchev–Trinajstić information content (AvgIpc) is 2.70. The highest BCUT2D eigenvalue weighted by Gasteiger charge is 2.07. The summed E-state index contributed by atoms with van der Waals surface area (Å²) in [6, 6.07) is 4.36. The number of hydrogen-bond acceptors (Lipinski definition) is 2. The Morgan fingerprint density at radius 1 is 1.43 bits per heavy atom. The molecule has 0 atom stereocenters. The number of benzene rings is 1. The van der Waals surface area contributed by atoms with Crippen molar-refractivity contribution in [1.29, 1.82) is 0 Å². The number of aromatic amines is 1. The summed E-state index contributed by atoms with van der Waals surface area (Å²) < 4.78 is 18.1. The quantitative estimate of drug-likeness (QED) is 0.792. The van der Waals surface area contributed by atoms with E-state index < -0.39 is 0 Å². The van der Waals surface area contributed by atoms with Crippen molar-refractivity contribution in [3.63, 3.8) is 0 Å². The minimum atomic E-state index is -0.296. The third-order valence-corrected chi connectivity index (χ3v) is 1.95. The maximum absolute atomic E-state index is 13.0. The molecule has 1 heterocycles. The van der Waals surface area contributed by atoms with Gasteiger partial charge in [-0.15, -0.1) is 0 Å². The second-order valence-corrected chi connectivity index (χ2v) is 2.81. The molecule has 14 heavy (non-hydrogen) atoms. The minimum absolute atomic E-state index is 0.296. The van der Waals surface area contributed by atoms with Crippen LogP contribution in [0.4, 0.5) is 4.39 Å². The highest BCUT2D eigenvalue weighted by Crippen LogP contribution is 2.28. The first-order valence-electron chi connectivity index (χ1n) is 4.13. The molecule has 4 heteroatoms. The van der Waals surface area contributed by atoms with Crippen LogP contribution in [0.15, 0.2) is 30.7 Å². The lowest BCUT2D eigenvalue weighted by Crippen LogP contribution is -1.89. The predicted molar refractivity (Wildman–Crippen MR) is 50.5 cm³/mol. The van der Waals surface area contributed by atoms with Gasteiger partial charge in [0.1, 0.15) is 11.6 Å². The Morgan fingerprint density at radius 2 is 2.29 bits per heavy atom. The van der Waals surface area contributed by atoms with Gasteiger partial charge in [0.05, 0.1) is 25.3 Å². The van der Waals surface area contributed by atoms with Gasteiger partial charge in [-0.2, -0.15) is 0 Å². The van der Waals surface area contributed by atoms with E-state index in [-0.39, 0.29) is 5.82 Å². The Kier molecular flexibility index (Phi) is 2.18. The number of aromatic nitrogens is 2. The SMILES string of the molecule is COc1ccc(F)cc1-c1cnc[nH]1. The average molecular weight is 192 g/mol. The molecule has 0 aliphatic heterocycles. The maximum Gasteiger partial charge on any atom is 0.128 e. The van der Waals surface area contributed by atoms with Crippen LogP contribution < -0.4 is 4.74 Å². The fraction of sp³-hybridized carbons (Fsp3) is 0.100. The second kappa shape index (κ2) is 3.49. The van der Waals surface area contributed by atoms with Crippen LogP contribution in [-0.2, 0) is 0 Å². The lowest BCUT2D eigenvalue weighted by atomic mass is 10.1. The number of nitrogens with one attached hydrogen (secondary N) is 1. The van der Waals surface area contributed by atoms with Crippen LogP contribution in [0.25, 0.3) is 11.3 Å². The number of rotatable bonds is 2. The molecule has 0 aliphatic carbocycles. The molecule has 0 spiro atoms. The number of hydrogen-bond donors (Lipinski definition) is 1. The smallest absolute Gasteiger partial charge is 0.128 e. The van der Waals surface area contributed by atoms with Crippen molar-refractivity contribution in [1.82, 2.24) is 9.97 Å². The van der Waals surface area contributed by atoms with Gasteiger partial charge in [0.2, 0.25) is 0 Å². The van der Waals surface area contributed by atoms with Gasteiger partial charge >= 0.3 is 0 Å². The lowest BCUT2D eigenvalue weighted by Gasteiger charge is -2.05. The van der Waals surface area contributed by atoms with Crippen molar-refractivity contribution in [2.45, 2.75) is 0 Å². The van der Waals surface area contributed by atoms with Gasteiger partial charge in [-0.05, 0) is 18.2 Å². The van der Waals surface area contributed by atoms with Crippen LogP contribution >= 0.6 is 0 Å². The fourth-order valence-corrected chi connectivity index (χ4v) is 1.29. The van der Waals surface area contributed by atoms with E-state index in [0.717, 1.165) is 5.69 Å². The molecule has 0 amide bonds. The van der Waals surface area contributed by atoms with E-state index in [1.54, 1.807) is 25.7 Å². The van der Waals surface area contributed by atoms with Crippen molar-refractivity contribution in [2.75, 3.05) is 7.11 Å². The third kappa shape index (κ3) is 1.46. The molecule has 0 bridgehead atoms. The van der Waals surface area contributed by atoms with E-state index in [2.05, 4.69) is 9.97 Å². The topological polar surface area (TPSA) is 37.9 Å². The van der Waals surface area contributed by atoms with Gasteiger partial charge in [-0.1, -0.05) is 0 Å². The molecule has 1 aromatic heterocycles. The van der Waals surface area contributed by atoms with Crippen LogP contribution in [0.1, 0.15) is 0 Å². The first-order chi connectivity index (χ1) is 6.81. The van der Waals surface area contributed by atoms with E-state index >= 15 is 0 Å². The fourth-order valence-electron chi connectivity index (χ4n) is 1.29. The molecule has 0 unspecified atom stereocenters.